The van der Waals surface area contributed by atoms with Gasteiger partial charge in [0.15, 0.2) is 18.1 Å². The van der Waals surface area contributed by atoms with Crippen LogP contribution in [0.5, 0.6) is 5.75 Å². The second-order valence-corrected chi connectivity index (χ2v) is 6.56. The number of esters is 1. The number of carbonyl (C=O) groups is 2. The van der Waals surface area contributed by atoms with Gasteiger partial charge in [0, 0.05) is 13.1 Å². The molecule has 0 bridgehead atoms. The highest BCUT2D eigenvalue weighted by Gasteiger charge is 2.16. The molecule has 0 aliphatic carbocycles. The highest BCUT2D eigenvalue weighted by atomic mass is 16.5. The Morgan fingerprint density at radius 1 is 1.14 bits per heavy atom. The second-order valence-electron chi connectivity index (χ2n) is 6.56. The van der Waals surface area contributed by atoms with E-state index >= 15 is 0 Å². The lowest BCUT2D eigenvalue weighted by Crippen LogP contribution is -2.32. The van der Waals surface area contributed by atoms with Crippen LogP contribution >= 0.6 is 0 Å². The van der Waals surface area contributed by atoms with Gasteiger partial charge in [0.2, 0.25) is 0 Å². The Balaban J connectivity index is 1.35. The molecule has 1 aliphatic rings. The normalized spacial score (nSPS) is 13.2. The molecule has 1 aromatic heterocycles. The summed E-state index contributed by atoms with van der Waals surface area (Å²) >= 11 is 0. The molecule has 148 valence electrons. The maximum Gasteiger partial charge on any atom is 0.359 e. The summed E-state index contributed by atoms with van der Waals surface area (Å²) < 4.78 is 10.5. The molecule has 28 heavy (non-hydrogen) atoms. The lowest BCUT2D eigenvalue weighted by molar-refractivity contribution is -0.124. The third-order valence-electron chi connectivity index (χ3n) is 4.31. The average molecular weight is 384 g/mol. The standard InChI is InChI=1S/C20H24N4O4/c1-15-5-4-6-16(13-15)27-12-9-21-19(25)14-28-20(26)17-7-8-18(23-22-17)24-10-2-3-11-24/h4-8,13H,2-3,9-12,14H2,1H3,(H,21,25). The van der Waals surface area contributed by atoms with Gasteiger partial charge in [0.25, 0.3) is 5.91 Å². The molecule has 0 atom stereocenters. The van der Waals surface area contributed by atoms with E-state index < -0.39 is 11.9 Å². The monoisotopic (exact) mass is 384 g/mol. The summed E-state index contributed by atoms with van der Waals surface area (Å²) in [6, 6.07) is 11.0. The van der Waals surface area contributed by atoms with Crippen molar-refractivity contribution in [1.29, 1.82) is 0 Å². The third-order valence-corrected chi connectivity index (χ3v) is 4.31. The molecule has 1 N–H and O–H groups in total. The van der Waals surface area contributed by atoms with Crippen LogP contribution in [0.4, 0.5) is 5.82 Å². The quantitative estimate of drug-likeness (QED) is 0.547. The Morgan fingerprint density at radius 3 is 2.68 bits per heavy atom. The number of aryl methyl sites for hydroxylation is 1. The van der Waals surface area contributed by atoms with Crippen molar-refractivity contribution in [2.75, 3.05) is 37.7 Å². The number of nitrogens with zero attached hydrogens (tertiary/aromatic N) is 3. The SMILES string of the molecule is Cc1cccc(OCCNC(=O)COC(=O)c2ccc(N3CCCC3)nn2)c1. The molecule has 0 radical (unpaired) electrons. The molecule has 0 unspecified atom stereocenters. The van der Waals surface area contributed by atoms with Crippen molar-refractivity contribution in [3.8, 4) is 5.75 Å². The summed E-state index contributed by atoms with van der Waals surface area (Å²) in [6.45, 7) is 4.14. The maximum atomic E-state index is 12.0. The van der Waals surface area contributed by atoms with Crippen LogP contribution in [-0.4, -0.2) is 54.9 Å². The first-order valence-electron chi connectivity index (χ1n) is 9.34. The van der Waals surface area contributed by atoms with E-state index in [9.17, 15) is 9.59 Å². The zero-order valence-electron chi connectivity index (χ0n) is 15.9. The molecule has 1 aromatic carbocycles. The van der Waals surface area contributed by atoms with Crippen molar-refractivity contribution in [2.24, 2.45) is 0 Å². The van der Waals surface area contributed by atoms with Gasteiger partial charge in [-0.25, -0.2) is 4.79 Å². The Kier molecular flexibility index (Phi) is 6.78. The molecule has 1 fully saturated rings. The number of aromatic nitrogens is 2. The van der Waals surface area contributed by atoms with E-state index in [0.29, 0.717) is 13.2 Å². The van der Waals surface area contributed by atoms with Crippen molar-refractivity contribution in [1.82, 2.24) is 15.5 Å². The first kappa shape index (κ1) is 19.6. The summed E-state index contributed by atoms with van der Waals surface area (Å²) in [5.41, 5.74) is 1.18. The van der Waals surface area contributed by atoms with Crippen LogP contribution in [0.15, 0.2) is 36.4 Å². The summed E-state index contributed by atoms with van der Waals surface area (Å²) in [5, 5.41) is 10.6. The minimum atomic E-state index is -0.674. The predicted octanol–water partition coefficient (Wildman–Crippen LogP) is 1.74. The van der Waals surface area contributed by atoms with Gasteiger partial charge in [0.1, 0.15) is 12.4 Å². The number of benzene rings is 1. The number of ether oxygens (including phenoxy) is 2. The summed E-state index contributed by atoms with van der Waals surface area (Å²) in [5.74, 6) is 0.423. The van der Waals surface area contributed by atoms with E-state index in [4.69, 9.17) is 9.47 Å². The van der Waals surface area contributed by atoms with Gasteiger partial charge < -0.3 is 19.7 Å². The van der Waals surface area contributed by atoms with E-state index in [-0.39, 0.29) is 12.3 Å². The molecular weight excluding hydrogens is 360 g/mol. The van der Waals surface area contributed by atoms with Gasteiger partial charge in [-0.3, -0.25) is 4.79 Å². The molecule has 0 saturated carbocycles. The zero-order valence-corrected chi connectivity index (χ0v) is 15.9. The van der Waals surface area contributed by atoms with Crippen molar-refractivity contribution >= 4 is 17.7 Å². The van der Waals surface area contributed by atoms with Gasteiger partial charge >= 0.3 is 5.97 Å². The number of hydrogen-bond acceptors (Lipinski definition) is 7. The second kappa shape index (κ2) is 9.68. The lowest BCUT2D eigenvalue weighted by Gasteiger charge is -2.15. The van der Waals surface area contributed by atoms with E-state index in [1.807, 2.05) is 31.2 Å². The highest BCUT2D eigenvalue weighted by Crippen LogP contribution is 2.16. The van der Waals surface area contributed by atoms with E-state index in [0.717, 1.165) is 43.1 Å². The first-order valence-corrected chi connectivity index (χ1v) is 9.34. The molecule has 8 heteroatoms. The molecule has 8 nitrogen and oxygen atoms in total. The molecule has 1 saturated heterocycles. The van der Waals surface area contributed by atoms with Crippen LogP contribution in [-0.2, 0) is 9.53 Å². The first-order chi connectivity index (χ1) is 13.6. The van der Waals surface area contributed by atoms with E-state index in [1.54, 1.807) is 12.1 Å². The number of anilines is 1. The molecule has 2 aromatic rings. The highest BCUT2D eigenvalue weighted by molar-refractivity contribution is 5.89. The van der Waals surface area contributed by atoms with Crippen LogP contribution in [0.2, 0.25) is 0 Å². The molecule has 1 aliphatic heterocycles. The van der Waals surface area contributed by atoms with Crippen LogP contribution in [0.1, 0.15) is 28.9 Å². The largest absolute Gasteiger partial charge is 0.492 e. The smallest absolute Gasteiger partial charge is 0.359 e. The topological polar surface area (TPSA) is 93.6 Å². The number of nitrogens with one attached hydrogen (secondary N) is 1. The van der Waals surface area contributed by atoms with Crippen molar-refractivity contribution in [3.63, 3.8) is 0 Å². The van der Waals surface area contributed by atoms with Crippen molar-refractivity contribution < 1.29 is 19.1 Å². The fraction of sp³-hybridized carbons (Fsp3) is 0.400. The summed E-state index contributed by atoms with van der Waals surface area (Å²) in [6.07, 6.45) is 2.27. The zero-order chi connectivity index (χ0) is 19.8. The predicted molar refractivity (Wildman–Crippen MR) is 103 cm³/mol. The maximum absolute atomic E-state index is 12.0. The number of carbonyl (C=O) groups excluding carboxylic acids is 2. The Morgan fingerprint density at radius 2 is 1.96 bits per heavy atom. The Hall–Kier alpha value is -3.16. The van der Waals surface area contributed by atoms with Gasteiger partial charge in [-0.15, -0.1) is 10.2 Å². The van der Waals surface area contributed by atoms with Crippen LogP contribution in [0.25, 0.3) is 0 Å². The Labute approximate surface area is 163 Å². The van der Waals surface area contributed by atoms with Gasteiger partial charge in [-0.1, -0.05) is 12.1 Å². The van der Waals surface area contributed by atoms with Crippen molar-refractivity contribution in [2.45, 2.75) is 19.8 Å². The fourth-order valence-electron chi connectivity index (χ4n) is 2.87. The van der Waals surface area contributed by atoms with E-state index in [2.05, 4.69) is 20.4 Å². The van der Waals surface area contributed by atoms with Gasteiger partial charge in [-0.2, -0.15) is 0 Å². The molecule has 2 heterocycles. The van der Waals surface area contributed by atoms with Gasteiger partial charge in [0.05, 0.1) is 6.54 Å². The van der Waals surface area contributed by atoms with Crippen LogP contribution in [0, 0.1) is 6.92 Å². The van der Waals surface area contributed by atoms with Crippen molar-refractivity contribution in [3.05, 3.63) is 47.7 Å². The van der Waals surface area contributed by atoms with Gasteiger partial charge in [-0.05, 0) is 49.6 Å². The average Bonchev–Trinajstić information content (AvgIpc) is 3.24. The number of hydrogen-bond donors (Lipinski definition) is 1. The van der Waals surface area contributed by atoms with Crippen LogP contribution in [0.3, 0.4) is 0 Å². The molecular formula is C20H24N4O4. The molecule has 0 spiro atoms. The molecule has 3 rings (SSSR count). The minimum absolute atomic E-state index is 0.0820. The third kappa shape index (κ3) is 5.67. The minimum Gasteiger partial charge on any atom is -0.492 e. The van der Waals surface area contributed by atoms with Crippen LogP contribution < -0.4 is 15.0 Å². The summed E-state index contributed by atoms with van der Waals surface area (Å²) in [7, 11) is 0. The molecule has 1 amide bonds. The lowest BCUT2D eigenvalue weighted by atomic mass is 10.2. The fourth-order valence-corrected chi connectivity index (χ4v) is 2.87. The number of rotatable bonds is 8. The summed E-state index contributed by atoms with van der Waals surface area (Å²) in [4.78, 5) is 25.9. The Bertz CT molecular complexity index is 804. The number of amides is 1. The van der Waals surface area contributed by atoms with E-state index in [1.165, 1.54) is 0 Å².